The number of aromatic nitrogens is 1. The second-order valence-electron chi connectivity index (χ2n) is 3.59. The molecule has 0 aliphatic carbocycles. The molecule has 2 N–H and O–H groups in total. The highest BCUT2D eigenvalue weighted by molar-refractivity contribution is 5.50. The Morgan fingerprint density at radius 2 is 2.12 bits per heavy atom. The Bertz CT molecular complexity index is 587. The highest BCUT2D eigenvalue weighted by Crippen LogP contribution is 2.23. The summed E-state index contributed by atoms with van der Waals surface area (Å²) in [6.45, 7) is 1.90. The minimum absolute atomic E-state index is 0.328. The number of hydrogen-bond donors (Lipinski definition) is 1. The van der Waals surface area contributed by atoms with Crippen molar-refractivity contribution >= 4 is 5.69 Å². The van der Waals surface area contributed by atoms with Crippen molar-refractivity contribution in [3.63, 3.8) is 0 Å². The molecule has 17 heavy (non-hydrogen) atoms. The molecule has 4 heteroatoms. The van der Waals surface area contributed by atoms with Gasteiger partial charge in [-0.05, 0) is 36.8 Å². The van der Waals surface area contributed by atoms with E-state index in [-0.39, 0.29) is 0 Å². The van der Waals surface area contributed by atoms with E-state index in [1.165, 1.54) is 0 Å². The molecule has 0 aliphatic rings. The third kappa shape index (κ3) is 2.52. The third-order valence-electron chi connectivity index (χ3n) is 2.30. The quantitative estimate of drug-likeness (QED) is 0.797. The minimum atomic E-state index is 0.328. The molecule has 1 aromatic carbocycles. The fraction of sp³-hybridized carbons (Fsp3) is 0.0769. The van der Waals surface area contributed by atoms with Crippen LogP contribution in [0.2, 0.25) is 0 Å². The average Bonchev–Trinajstić information content (AvgIpc) is 2.34. The van der Waals surface area contributed by atoms with E-state index in [9.17, 15) is 0 Å². The Balaban J connectivity index is 2.25. The summed E-state index contributed by atoms with van der Waals surface area (Å²) in [4.78, 5) is 4.02. The van der Waals surface area contributed by atoms with Crippen LogP contribution in [-0.2, 0) is 0 Å². The van der Waals surface area contributed by atoms with Gasteiger partial charge in [-0.15, -0.1) is 0 Å². The van der Waals surface area contributed by atoms with Gasteiger partial charge < -0.3 is 10.5 Å². The summed E-state index contributed by atoms with van der Waals surface area (Å²) in [7, 11) is 0. The number of nitrogens with zero attached hydrogens (tertiary/aromatic N) is 2. The Morgan fingerprint density at radius 1 is 1.29 bits per heavy atom. The van der Waals surface area contributed by atoms with E-state index in [4.69, 9.17) is 15.7 Å². The van der Waals surface area contributed by atoms with Gasteiger partial charge in [0.05, 0.1) is 0 Å². The van der Waals surface area contributed by atoms with Crippen molar-refractivity contribution in [1.29, 1.82) is 5.26 Å². The first-order valence-electron chi connectivity index (χ1n) is 5.10. The lowest BCUT2D eigenvalue weighted by molar-refractivity contribution is 0.462. The molecule has 0 radical (unpaired) electrons. The van der Waals surface area contributed by atoms with Crippen LogP contribution in [0.4, 0.5) is 5.69 Å². The Labute approximate surface area is 99.3 Å². The van der Waals surface area contributed by atoms with Gasteiger partial charge in [-0.1, -0.05) is 6.07 Å². The van der Waals surface area contributed by atoms with Crippen molar-refractivity contribution in [3.05, 3.63) is 47.7 Å². The molecule has 84 valence electrons. The Kier molecular flexibility index (Phi) is 2.93. The number of hydrogen-bond acceptors (Lipinski definition) is 4. The molecule has 2 rings (SSSR count). The molecule has 0 aliphatic heterocycles. The number of anilines is 1. The topological polar surface area (TPSA) is 71.9 Å². The van der Waals surface area contributed by atoms with Crippen molar-refractivity contribution in [3.8, 4) is 17.7 Å². The lowest BCUT2D eigenvalue weighted by atomic mass is 10.2. The zero-order chi connectivity index (χ0) is 12.3. The number of aryl methyl sites for hydroxylation is 1. The van der Waals surface area contributed by atoms with E-state index < -0.39 is 0 Å². The van der Waals surface area contributed by atoms with E-state index in [1.54, 1.807) is 30.3 Å². The van der Waals surface area contributed by atoms with E-state index in [1.807, 2.05) is 19.1 Å². The normalized spacial score (nSPS) is 9.65. The highest BCUT2D eigenvalue weighted by Gasteiger charge is 2.01. The molecular formula is C13H11N3O. The molecule has 0 saturated heterocycles. The maximum absolute atomic E-state index is 8.72. The van der Waals surface area contributed by atoms with Gasteiger partial charge in [-0.25, -0.2) is 4.98 Å². The second kappa shape index (κ2) is 4.54. The molecular weight excluding hydrogens is 214 g/mol. The van der Waals surface area contributed by atoms with Gasteiger partial charge >= 0.3 is 0 Å². The number of rotatable bonds is 2. The molecule has 4 nitrogen and oxygen atoms in total. The summed E-state index contributed by atoms with van der Waals surface area (Å²) in [6.07, 6.45) is 0. The zero-order valence-electron chi connectivity index (χ0n) is 9.34. The lowest BCUT2D eigenvalue weighted by Crippen LogP contribution is -1.93. The van der Waals surface area contributed by atoms with Crippen LogP contribution in [0.1, 0.15) is 11.3 Å². The maximum atomic E-state index is 8.72. The number of nitriles is 1. The lowest BCUT2D eigenvalue weighted by Gasteiger charge is -2.06. The van der Waals surface area contributed by atoms with Crippen LogP contribution in [0.15, 0.2) is 36.4 Å². The summed E-state index contributed by atoms with van der Waals surface area (Å²) < 4.78 is 5.54. The second-order valence-corrected chi connectivity index (χ2v) is 3.59. The van der Waals surface area contributed by atoms with Crippen molar-refractivity contribution in [1.82, 2.24) is 4.98 Å². The number of nitrogens with two attached hydrogens (primary N) is 1. The minimum Gasteiger partial charge on any atom is -0.439 e. The third-order valence-corrected chi connectivity index (χ3v) is 2.30. The molecule has 1 aromatic heterocycles. The monoisotopic (exact) mass is 225 g/mol. The average molecular weight is 225 g/mol. The first kappa shape index (κ1) is 11.0. The first-order valence-corrected chi connectivity index (χ1v) is 5.10. The summed E-state index contributed by atoms with van der Waals surface area (Å²) in [5, 5.41) is 8.72. The number of pyridine rings is 1. The molecule has 0 bridgehead atoms. The van der Waals surface area contributed by atoms with Gasteiger partial charge in [0, 0.05) is 11.8 Å². The van der Waals surface area contributed by atoms with Gasteiger partial charge in [0.1, 0.15) is 17.5 Å². The Morgan fingerprint density at radius 3 is 2.82 bits per heavy atom. The van der Waals surface area contributed by atoms with E-state index in [0.717, 1.165) is 11.3 Å². The standard InChI is InChI=1S/C13H11N3O/c1-9-7-11(5-6-12(9)15)17-13-4-2-3-10(8-14)16-13/h2-7H,15H2,1H3. The van der Waals surface area contributed by atoms with Gasteiger partial charge in [0.2, 0.25) is 5.88 Å². The van der Waals surface area contributed by atoms with Crippen LogP contribution in [0.3, 0.4) is 0 Å². The van der Waals surface area contributed by atoms with Crippen molar-refractivity contribution in [2.24, 2.45) is 0 Å². The number of ether oxygens (including phenoxy) is 1. The predicted octanol–water partition coefficient (Wildman–Crippen LogP) is 2.64. The SMILES string of the molecule is Cc1cc(Oc2cccc(C#N)n2)ccc1N. The van der Waals surface area contributed by atoms with Crippen LogP contribution in [0.25, 0.3) is 0 Å². The molecule has 0 fully saturated rings. The molecule has 0 saturated carbocycles. The van der Waals surface area contributed by atoms with E-state index in [2.05, 4.69) is 4.98 Å². The smallest absolute Gasteiger partial charge is 0.220 e. The summed E-state index contributed by atoms with van der Waals surface area (Å²) >= 11 is 0. The molecule has 0 unspecified atom stereocenters. The Hall–Kier alpha value is -2.54. The first-order chi connectivity index (χ1) is 8.19. The van der Waals surface area contributed by atoms with Crippen molar-refractivity contribution in [2.75, 3.05) is 5.73 Å². The fourth-order valence-electron chi connectivity index (χ4n) is 1.37. The number of nitrogen functional groups attached to an aromatic ring is 1. The van der Waals surface area contributed by atoms with Crippen LogP contribution in [0, 0.1) is 18.3 Å². The van der Waals surface area contributed by atoms with Crippen LogP contribution >= 0.6 is 0 Å². The van der Waals surface area contributed by atoms with Gasteiger partial charge in [-0.2, -0.15) is 5.26 Å². The van der Waals surface area contributed by atoms with Gasteiger partial charge in [0.25, 0.3) is 0 Å². The highest BCUT2D eigenvalue weighted by atomic mass is 16.5. The van der Waals surface area contributed by atoms with Crippen LogP contribution in [0.5, 0.6) is 11.6 Å². The van der Waals surface area contributed by atoms with Gasteiger partial charge in [-0.3, -0.25) is 0 Å². The summed E-state index contributed by atoms with van der Waals surface area (Å²) in [5.41, 5.74) is 7.70. The molecule has 0 amide bonds. The van der Waals surface area contributed by atoms with Crippen molar-refractivity contribution < 1.29 is 4.74 Å². The molecule has 2 aromatic rings. The van der Waals surface area contributed by atoms with E-state index in [0.29, 0.717) is 17.3 Å². The maximum Gasteiger partial charge on any atom is 0.220 e. The molecule has 0 atom stereocenters. The molecule has 1 heterocycles. The summed E-state index contributed by atoms with van der Waals surface area (Å²) in [5.74, 6) is 1.05. The van der Waals surface area contributed by atoms with E-state index >= 15 is 0 Å². The zero-order valence-corrected chi connectivity index (χ0v) is 9.34. The number of benzene rings is 1. The molecule has 0 spiro atoms. The predicted molar refractivity (Wildman–Crippen MR) is 64.6 cm³/mol. The largest absolute Gasteiger partial charge is 0.439 e. The fourth-order valence-corrected chi connectivity index (χ4v) is 1.37. The van der Waals surface area contributed by atoms with Crippen LogP contribution in [-0.4, -0.2) is 4.98 Å². The summed E-state index contributed by atoms with van der Waals surface area (Å²) in [6, 6.07) is 12.4. The van der Waals surface area contributed by atoms with Crippen molar-refractivity contribution in [2.45, 2.75) is 6.92 Å². The van der Waals surface area contributed by atoms with Gasteiger partial charge in [0.15, 0.2) is 0 Å². The van der Waals surface area contributed by atoms with Crippen LogP contribution < -0.4 is 10.5 Å².